The second-order valence-corrected chi connectivity index (χ2v) is 4.84. The van der Waals surface area contributed by atoms with E-state index in [1.54, 1.807) is 24.3 Å². The zero-order valence-electron chi connectivity index (χ0n) is 10.1. The predicted octanol–water partition coefficient (Wildman–Crippen LogP) is 2.37. The van der Waals surface area contributed by atoms with Crippen LogP contribution >= 0.6 is 15.9 Å². The van der Waals surface area contributed by atoms with E-state index in [0.29, 0.717) is 17.5 Å². The molecule has 0 saturated carbocycles. The number of hydrogen-bond acceptors (Lipinski definition) is 4. The number of hydrogen-bond donors (Lipinski definition) is 0. The monoisotopic (exact) mass is 314 g/mol. The first-order valence-electron chi connectivity index (χ1n) is 5.73. The van der Waals surface area contributed by atoms with Crippen LogP contribution in [-0.2, 0) is 14.2 Å². The van der Waals surface area contributed by atoms with Crippen molar-refractivity contribution in [2.75, 3.05) is 18.5 Å². The van der Waals surface area contributed by atoms with Crippen LogP contribution in [-0.4, -0.2) is 36.4 Å². The minimum atomic E-state index is -0.621. The van der Waals surface area contributed by atoms with Gasteiger partial charge in [0.1, 0.15) is 12.7 Å². The molecule has 5 heteroatoms. The van der Waals surface area contributed by atoms with Crippen molar-refractivity contribution in [2.45, 2.75) is 18.8 Å². The van der Waals surface area contributed by atoms with Gasteiger partial charge in [0.2, 0.25) is 0 Å². The van der Waals surface area contributed by atoms with Gasteiger partial charge in [0.15, 0.2) is 5.79 Å². The number of alkyl halides is 1. The lowest BCUT2D eigenvalue weighted by Crippen LogP contribution is -2.29. The van der Waals surface area contributed by atoms with Crippen molar-refractivity contribution in [3.63, 3.8) is 0 Å². The smallest absolute Gasteiger partial charge is 0.338 e. The highest BCUT2D eigenvalue weighted by atomic mass is 79.9. The maximum atomic E-state index is 11.7. The van der Waals surface area contributed by atoms with Crippen molar-refractivity contribution in [1.29, 1.82) is 0 Å². The average Bonchev–Trinajstić information content (AvgIpc) is 2.80. The Morgan fingerprint density at radius 1 is 1.50 bits per heavy atom. The van der Waals surface area contributed by atoms with Gasteiger partial charge in [-0.2, -0.15) is 0 Å². The van der Waals surface area contributed by atoms with E-state index in [0.717, 1.165) is 0 Å². The molecule has 0 aromatic heterocycles. The Hall–Kier alpha value is -0.910. The summed E-state index contributed by atoms with van der Waals surface area (Å²) in [4.78, 5) is 11.7. The van der Waals surface area contributed by atoms with Gasteiger partial charge >= 0.3 is 5.97 Å². The molecule has 1 saturated heterocycles. The van der Waals surface area contributed by atoms with Crippen molar-refractivity contribution in [3.05, 3.63) is 35.9 Å². The standard InChI is InChI=1S/C13H15BrO4/c1-13(9-14)17-8-11(18-13)7-16-12(15)10-5-3-2-4-6-10/h2-6,11H,7-9H2,1H3. The number of rotatable bonds is 4. The number of benzene rings is 1. The zero-order chi connectivity index (χ0) is 13.0. The summed E-state index contributed by atoms with van der Waals surface area (Å²) in [5.74, 6) is -0.962. The van der Waals surface area contributed by atoms with Gasteiger partial charge in [-0.15, -0.1) is 0 Å². The predicted molar refractivity (Wildman–Crippen MR) is 69.7 cm³/mol. The summed E-state index contributed by atoms with van der Waals surface area (Å²) in [7, 11) is 0. The summed E-state index contributed by atoms with van der Waals surface area (Å²) in [5, 5.41) is 0.586. The lowest BCUT2D eigenvalue weighted by atomic mass is 10.2. The van der Waals surface area contributed by atoms with E-state index >= 15 is 0 Å². The lowest BCUT2D eigenvalue weighted by Gasteiger charge is -2.19. The Morgan fingerprint density at radius 2 is 2.22 bits per heavy atom. The summed E-state index contributed by atoms with van der Waals surface area (Å²) >= 11 is 3.32. The third-order valence-corrected chi connectivity index (χ3v) is 3.66. The van der Waals surface area contributed by atoms with Crippen LogP contribution in [0.15, 0.2) is 30.3 Å². The van der Waals surface area contributed by atoms with Crippen molar-refractivity contribution >= 4 is 21.9 Å². The number of ether oxygens (including phenoxy) is 3. The molecule has 0 radical (unpaired) electrons. The number of esters is 1. The second-order valence-electron chi connectivity index (χ2n) is 4.28. The topological polar surface area (TPSA) is 44.8 Å². The third-order valence-electron chi connectivity index (χ3n) is 2.64. The van der Waals surface area contributed by atoms with Gasteiger partial charge in [0, 0.05) is 0 Å². The molecule has 0 amide bonds. The van der Waals surface area contributed by atoms with Gasteiger partial charge in [0.25, 0.3) is 0 Å². The summed E-state index contributed by atoms with van der Waals surface area (Å²) in [5.41, 5.74) is 0.541. The Balaban J connectivity index is 1.81. The first-order valence-corrected chi connectivity index (χ1v) is 6.85. The Labute approximate surface area is 114 Å². The molecule has 98 valence electrons. The first kappa shape index (κ1) is 13.5. The number of carbonyl (C=O) groups is 1. The molecular weight excluding hydrogens is 300 g/mol. The van der Waals surface area contributed by atoms with Crippen LogP contribution in [0, 0.1) is 0 Å². The van der Waals surface area contributed by atoms with Gasteiger partial charge < -0.3 is 14.2 Å². The fraction of sp³-hybridized carbons (Fsp3) is 0.462. The van der Waals surface area contributed by atoms with Crippen LogP contribution in [0.5, 0.6) is 0 Å². The molecule has 1 heterocycles. The van der Waals surface area contributed by atoms with Gasteiger partial charge in [-0.1, -0.05) is 34.1 Å². The quantitative estimate of drug-likeness (QED) is 0.632. The van der Waals surface area contributed by atoms with Crippen LogP contribution in [0.25, 0.3) is 0 Å². The van der Waals surface area contributed by atoms with Gasteiger partial charge in [-0.05, 0) is 19.1 Å². The number of carbonyl (C=O) groups excluding carboxylic acids is 1. The molecule has 2 rings (SSSR count). The highest BCUT2D eigenvalue weighted by Crippen LogP contribution is 2.25. The van der Waals surface area contributed by atoms with Gasteiger partial charge in [-0.25, -0.2) is 4.79 Å². The van der Waals surface area contributed by atoms with E-state index in [1.165, 1.54) is 0 Å². The van der Waals surface area contributed by atoms with Crippen LogP contribution in [0.4, 0.5) is 0 Å². The van der Waals surface area contributed by atoms with Crippen molar-refractivity contribution in [1.82, 2.24) is 0 Å². The fourth-order valence-corrected chi connectivity index (χ4v) is 1.96. The molecule has 2 atom stereocenters. The van der Waals surface area contributed by atoms with E-state index < -0.39 is 5.79 Å². The maximum absolute atomic E-state index is 11.7. The molecule has 4 nitrogen and oxygen atoms in total. The lowest BCUT2D eigenvalue weighted by molar-refractivity contribution is -0.138. The van der Waals surface area contributed by atoms with E-state index in [-0.39, 0.29) is 18.7 Å². The Kier molecular flexibility index (Phi) is 4.37. The van der Waals surface area contributed by atoms with Gasteiger partial charge in [-0.3, -0.25) is 0 Å². The van der Waals surface area contributed by atoms with Crippen LogP contribution in [0.2, 0.25) is 0 Å². The first-order chi connectivity index (χ1) is 8.63. The molecule has 1 aromatic rings. The van der Waals surface area contributed by atoms with Gasteiger partial charge in [0.05, 0.1) is 17.5 Å². The maximum Gasteiger partial charge on any atom is 0.338 e. The minimum absolute atomic E-state index is 0.205. The van der Waals surface area contributed by atoms with E-state index in [9.17, 15) is 4.79 Å². The number of halogens is 1. The molecule has 0 aliphatic carbocycles. The molecule has 1 aliphatic rings. The summed E-state index contributed by atoms with van der Waals surface area (Å²) in [6, 6.07) is 8.89. The zero-order valence-corrected chi connectivity index (χ0v) is 11.7. The molecular formula is C13H15BrO4. The summed E-state index contributed by atoms with van der Waals surface area (Å²) < 4.78 is 16.3. The average molecular weight is 315 g/mol. The molecule has 1 aromatic carbocycles. The molecule has 1 aliphatic heterocycles. The van der Waals surface area contributed by atoms with Crippen LogP contribution < -0.4 is 0 Å². The van der Waals surface area contributed by atoms with E-state index in [2.05, 4.69) is 15.9 Å². The molecule has 18 heavy (non-hydrogen) atoms. The largest absolute Gasteiger partial charge is 0.459 e. The molecule has 0 bridgehead atoms. The van der Waals surface area contributed by atoms with Crippen LogP contribution in [0.1, 0.15) is 17.3 Å². The fourth-order valence-electron chi connectivity index (χ4n) is 1.67. The van der Waals surface area contributed by atoms with E-state index in [1.807, 2.05) is 13.0 Å². The second kappa shape index (κ2) is 5.82. The highest BCUT2D eigenvalue weighted by molar-refractivity contribution is 9.09. The van der Waals surface area contributed by atoms with Crippen molar-refractivity contribution < 1.29 is 19.0 Å². The Morgan fingerprint density at radius 3 is 2.83 bits per heavy atom. The minimum Gasteiger partial charge on any atom is -0.459 e. The Bertz CT molecular complexity index is 409. The molecule has 0 N–H and O–H groups in total. The van der Waals surface area contributed by atoms with Crippen LogP contribution in [0.3, 0.4) is 0 Å². The highest BCUT2D eigenvalue weighted by Gasteiger charge is 2.36. The van der Waals surface area contributed by atoms with Crippen molar-refractivity contribution in [3.8, 4) is 0 Å². The van der Waals surface area contributed by atoms with Crippen molar-refractivity contribution in [2.24, 2.45) is 0 Å². The molecule has 0 spiro atoms. The molecule has 1 fully saturated rings. The summed E-state index contributed by atoms with van der Waals surface area (Å²) in [6.07, 6.45) is -0.208. The third kappa shape index (κ3) is 3.31. The summed E-state index contributed by atoms with van der Waals surface area (Å²) in [6.45, 7) is 2.49. The SMILES string of the molecule is CC1(CBr)OCC(COC(=O)c2ccccc2)O1. The normalized spacial score (nSPS) is 27.1. The van der Waals surface area contributed by atoms with E-state index in [4.69, 9.17) is 14.2 Å². The molecule has 2 unspecified atom stereocenters.